The van der Waals surface area contributed by atoms with Crippen molar-refractivity contribution in [2.75, 3.05) is 6.54 Å². The predicted molar refractivity (Wildman–Crippen MR) is 57.8 cm³/mol. The molecule has 1 aliphatic rings. The number of hydrogen-bond donors (Lipinski definition) is 2. The van der Waals surface area contributed by atoms with Crippen LogP contribution in [0.4, 0.5) is 0 Å². The molecule has 0 saturated heterocycles. The van der Waals surface area contributed by atoms with Crippen LogP contribution < -0.4 is 5.73 Å². The Morgan fingerprint density at radius 2 is 2.14 bits per heavy atom. The van der Waals surface area contributed by atoms with E-state index in [4.69, 9.17) is 17.3 Å². The summed E-state index contributed by atoms with van der Waals surface area (Å²) in [6.45, 7) is 2.52. The van der Waals surface area contributed by atoms with Gasteiger partial charge in [0.25, 0.3) is 0 Å². The SMILES string of the molecule is Cc1c(Cl)ccc(O)c1C1(CN)CC1. The third-order valence-corrected chi connectivity index (χ3v) is 3.56. The van der Waals surface area contributed by atoms with Gasteiger partial charge in [-0.2, -0.15) is 0 Å². The van der Waals surface area contributed by atoms with Crippen molar-refractivity contribution in [2.24, 2.45) is 5.73 Å². The molecule has 1 fully saturated rings. The minimum atomic E-state index is -0.000926. The summed E-state index contributed by atoms with van der Waals surface area (Å²) in [5.74, 6) is 0.329. The number of phenolic OH excluding ortho intramolecular Hbond substituents is 1. The first-order valence-electron chi connectivity index (χ1n) is 4.79. The Bertz CT molecular complexity index is 372. The lowest BCUT2D eigenvalue weighted by Crippen LogP contribution is -2.21. The molecule has 14 heavy (non-hydrogen) atoms. The van der Waals surface area contributed by atoms with Crippen molar-refractivity contribution < 1.29 is 5.11 Å². The van der Waals surface area contributed by atoms with Crippen LogP contribution in [0.1, 0.15) is 24.0 Å². The summed E-state index contributed by atoms with van der Waals surface area (Å²) in [6, 6.07) is 3.38. The fourth-order valence-corrected chi connectivity index (χ4v) is 2.21. The first kappa shape index (κ1) is 9.81. The number of phenols is 1. The molecule has 76 valence electrons. The van der Waals surface area contributed by atoms with Gasteiger partial charge in [0, 0.05) is 22.5 Å². The minimum Gasteiger partial charge on any atom is -0.508 e. The van der Waals surface area contributed by atoms with E-state index < -0.39 is 0 Å². The summed E-state index contributed by atoms with van der Waals surface area (Å²) in [7, 11) is 0. The number of hydrogen-bond acceptors (Lipinski definition) is 2. The zero-order valence-corrected chi connectivity index (χ0v) is 8.93. The number of aromatic hydroxyl groups is 1. The second-order valence-corrected chi connectivity index (χ2v) is 4.46. The lowest BCUT2D eigenvalue weighted by atomic mass is 9.91. The minimum absolute atomic E-state index is 0.000926. The molecule has 2 nitrogen and oxygen atoms in total. The number of halogens is 1. The molecule has 1 aliphatic carbocycles. The first-order valence-corrected chi connectivity index (χ1v) is 5.17. The maximum absolute atomic E-state index is 9.81. The Morgan fingerprint density at radius 1 is 1.50 bits per heavy atom. The van der Waals surface area contributed by atoms with Crippen LogP contribution >= 0.6 is 11.6 Å². The molecule has 0 radical (unpaired) electrons. The molecule has 0 spiro atoms. The quantitative estimate of drug-likeness (QED) is 0.789. The molecule has 0 aromatic heterocycles. The highest BCUT2D eigenvalue weighted by atomic mass is 35.5. The molecule has 1 aromatic rings. The molecule has 1 saturated carbocycles. The molecule has 1 aromatic carbocycles. The van der Waals surface area contributed by atoms with Crippen molar-refractivity contribution in [3.05, 3.63) is 28.3 Å². The highest BCUT2D eigenvalue weighted by Gasteiger charge is 2.45. The molecule has 2 rings (SSSR count). The Morgan fingerprint density at radius 3 is 2.64 bits per heavy atom. The largest absolute Gasteiger partial charge is 0.508 e. The average Bonchev–Trinajstić information content (AvgIpc) is 2.93. The standard InChI is InChI=1S/C11H14ClNO/c1-7-8(12)2-3-9(14)10(7)11(6-13)4-5-11/h2-3,14H,4-6,13H2,1H3. The van der Waals surface area contributed by atoms with Gasteiger partial charge < -0.3 is 10.8 Å². The van der Waals surface area contributed by atoms with Crippen LogP contribution in [-0.2, 0) is 5.41 Å². The molecule has 0 heterocycles. The summed E-state index contributed by atoms with van der Waals surface area (Å²) in [6.07, 6.45) is 2.11. The van der Waals surface area contributed by atoms with Gasteiger partial charge in [0.2, 0.25) is 0 Å². The smallest absolute Gasteiger partial charge is 0.119 e. The zero-order valence-electron chi connectivity index (χ0n) is 8.18. The Labute approximate surface area is 88.7 Å². The van der Waals surface area contributed by atoms with Crippen LogP contribution in [0.25, 0.3) is 0 Å². The molecular weight excluding hydrogens is 198 g/mol. The van der Waals surface area contributed by atoms with Crippen LogP contribution in [0.2, 0.25) is 5.02 Å². The van der Waals surface area contributed by atoms with Crippen molar-refractivity contribution in [2.45, 2.75) is 25.2 Å². The van der Waals surface area contributed by atoms with Crippen LogP contribution in [-0.4, -0.2) is 11.7 Å². The van der Waals surface area contributed by atoms with E-state index in [9.17, 15) is 5.11 Å². The summed E-state index contributed by atoms with van der Waals surface area (Å²) < 4.78 is 0. The molecule has 3 N–H and O–H groups in total. The molecule has 3 heteroatoms. The molecule has 0 aliphatic heterocycles. The number of benzene rings is 1. The second-order valence-electron chi connectivity index (χ2n) is 4.05. The van der Waals surface area contributed by atoms with Gasteiger partial charge in [-0.25, -0.2) is 0 Å². The van der Waals surface area contributed by atoms with Gasteiger partial charge in [0.1, 0.15) is 5.75 Å². The van der Waals surface area contributed by atoms with Gasteiger partial charge in [-0.15, -0.1) is 0 Å². The summed E-state index contributed by atoms with van der Waals surface area (Å²) in [5.41, 5.74) is 7.65. The van der Waals surface area contributed by atoms with Crippen molar-refractivity contribution in [3.8, 4) is 5.75 Å². The normalized spacial score (nSPS) is 18.2. The van der Waals surface area contributed by atoms with Crippen LogP contribution in [0.15, 0.2) is 12.1 Å². The molecule has 0 atom stereocenters. The van der Waals surface area contributed by atoms with Gasteiger partial charge in [-0.3, -0.25) is 0 Å². The monoisotopic (exact) mass is 211 g/mol. The number of rotatable bonds is 2. The van der Waals surface area contributed by atoms with E-state index in [1.54, 1.807) is 12.1 Å². The Balaban J connectivity index is 2.57. The van der Waals surface area contributed by atoms with Crippen LogP contribution in [0.3, 0.4) is 0 Å². The van der Waals surface area contributed by atoms with E-state index in [2.05, 4.69) is 0 Å². The molecular formula is C11H14ClNO. The lowest BCUT2D eigenvalue weighted by molar-refractivity contribution is 0.458. The maximum atomic E-state index is 9.81. The van der Waals surface area contributed by atoms with E-state index >= 15 is 0 Å². The summed E-state index contributed by atoms with van der Waals surface area (Å²) >= 11 is 6.02. The van der Waals surface area contributed by atoms with E-state index in [1.807, 2.05) is 6.92 Å². The van der Waals surface area contributed by atoms with Gasteiger partial charge >= 0.3 is 0 Å². The Kier molecular flexibility index (Phi) is 2.20. The van der Waals surface area contributed by atoms with E-state index in [0.29, 0.717) is 17.3 Å². The topological polar surface area (TPSA) is 46.2 Å². The van der Waals surface area contributed by atoms with Gasteiger partial charge in [0.05, 0.1) is 0 Å². The third kappa shape index (κ3) is 1.30. The fourth-order valence-electron chi connectivity index (χ4n) is 2.05. The zero-order chi connectivity index (χ0) is 10.3. The van der Waals surface area contributed by atoms with E-state index in [1.165, 1.54) is 0 Å². The maximum Gasteiger partial charge on any atom is 0.119 e. The molecule has 0 bridgehead atoms. The third-order valence-electron chi connectivity index (χ3n) is 3.15. The summed E-state index contributed by atoms with van der Waals surface area (Å²) in [4.78, 5) is 0. The number of nitrogens with two attached hydrogens (primary N) is 1. The van der Waals surface area contributed by atoms with E-state index in [-0.39, 0.29) is 5.41 Å². The predicted octanol–water partition coefficient (Wildman–Crippen LogP) is 2.34. The lowest BCUT2D eigenvalue weighted by Gasteiger charge is -2.18. The summed E-state index contributed by atoms with van der Waals surface area (Å²) in [5, 5.41) is 10.5. The Hall–Kier alpha value is -0.730. The molecule has 0 unspecified atom stereocenters. The fraction of sp³-hybridized carbons (Fsp3) is 0.455. The van der Waals surface area contributed by atoms with Gasteiger partial charge in [-0.05, 0) is 37.5 Å². The first-order chi connectivity index (χ1) is 6.60. The van der Waals surface area contributed by atoms with Crippen molar-refractivity contribution in [3.63, 3.8) is 0 Å². The van der Waals surface area contributed by atoms with E-state index in [0.717, 1.165) is 24.0 Å². The highest BCUT2D eigenvalue weighted by molar-refractivity contribution is 6.31. The van der Waals surface area contributed by atoms with Crippen molar-refractivity contribution >= 4 is 11.6 Å². The highest BCUT2D eigenvalue weighted by Crippen LogP contribution is 2.52. The van der Waals surface area contributed by atoms with Crippen molar-refractivity contribution in [1.82, 2.24) is 0 Å². The van der Waals surface area contributed by atoms with Gasteiger partial charge in [-0.1, -0.05) is 11.6 Å². The van der Waals surface area contributed by atoms with Crippen LogP contribution in [0.5, 0.6) is 5.75 Å². The molecule has 0 amide bonds. The average molecular weight is 212 g/mol. The van der Waals surface area contributed by atoms with Crippen LogP contribution in [0, 0.1) is 6.92 Å². The second kappa shape index (κ2) is 3.14. The van der Waals surface area contributed by atoms with Gasteiger partial charge in [0.15, 0.2) is 0 Å². The van der Waals surface area contributed by atoms with Crippen molar-refractivity contribution in [1.29, 1.82) is 0 Å².